The van der Waals surface area contributed by atoms with Crippen LogP contribution in [0.5, 0.6) is 5.75 Å². The van der Waals surface area contributed by atoms with Crippen LogP contribution in [0, 0.1) is 29.6 Å². The van der Waals surface area contributed by atoms with Gasteiger partial charge in [0, 0.05) is 11.8 Å². The molecule has 0 aliphatic heterocycles. The number of hydrogen-bond donors (Lipinski definition) is 0. The fourth-order valence-electron chi connectivity index (χ4n) is 4.77. The Hall–Kier alpha value is -1.91. The van der Waals surface area contributed by atoms with Crippen molar-refractivity contribution in [1.29, 1.82) is 0 Å². The third-order valence-corrected chi connectivity index (χ3v) is 7.42. The molecule has 0 unspecified atom stereocenters. The van der Waals surface area contributed by atoms with Crippen molar-refractivity contribution in [3.05, 3.63) is 42.0 Å². The molecular formula is C22H27F3O6S. The summed E-state index contributed by atoms with van der Waals surface area (Å²) < 4.78 is 74.9. The van der Waals surface area contributed by atoms with Crippen LogP contribution in [0.1, 0.15) is 25.3 Å². The predicted molar refractivity (Wildman–Crippen MR) is 110 cm³/mol. The second-order valence-corrected chi connectivity index (χ2v) is 9.96. The zero-order valence-corrected chi connectivity index (χ0v) is 18.6. The van der Waals surface area contributed by atoms with Crippen molar-refractivity contribution >= 4 is 16.4 Å². The molecule has 1 fully saturated rings. The minimum atomic E-state index is -5.64. The highest BCUT2D eigenvalue weighted by molar-refractivity contribution is 7.87. The molecule has 2 aliphatic rings. The van der Waals surface area contributed by atoms with Crippen molar-refractivity contribution in [2.75, 3.05) is 13.7 Å². The van der Waals surface area contributed by atoms with Crippen molar-refractivity contribution < 1.29 is 40.0 Å². The average molecular weight is 477 g/mol. The summed E-state index contributed by atoms with van der Waals surface area (Å²) in [6.07, 6.45) is 5.21. The monoisotopic (exact) mass is 476 g/mol. The van der Waals surface area contributed by atoms with Gasteiger partial charge in [-0.1, -0.05) is 31.2 Å². The summed E-state index contributed by atoms with van der Waals surface area (Å²) in [5.41, 5.74) is -4.46. The number of carbonyl (C=O) groups is 1. The maximum absolute atomic E-state index is 12.4. The van der Waals surface area contributed by atoms with Gasteiger partial charge in [-0.3, -0.25) is 4.18 Å². The molecule has 0 aromatic heterocycles. The van der Waals surface area contributed by atoms with Gasteiger partial charge in [-0.25, -0.2) is 0 Å². The molecule has 178 valence electrons. The SMILES string of the molecule is COc1ccc(CO[C@@H]2[C@H]3C=C[C@H](CCOS(=O)(=O)C(F)(F)F)[C@H](C=O)[C@H]3C[C@H]2C)cc1. The molecule has 0 radical (unpaired) electrons. The second kappa shape index (κ2) is 9.93. The quantitative estimate of drug-likeness (QED) is 0.231. The first-order chi connectivity index (χ1) is 15.1. The number of benzene rings is 1. The van der Waals surface area contributed by atoms with Gasteiger partial charge < -0.3 is 14.3 Å². The van der Waals surface area contributed by atoms with Crippen LogP contribution in [0.4, 0.5) is 13.2 Å². The first kappa shape index (κ1) is 24.7. The first-order valence-electron chi connectivity index (χ1n) is 10.4. The highest BCUT2D eigenvalue weighted by atomic mass is 32.2. The van der Waals surface area contributed by atoms with Crippen molar-refractivity contribution in [1.82, 2.24) is 0 Å². The third kappa shape index (κ3) is 5.35. The number of alkyl halides is 3. The van der Waals surface area contributed by atoms with Gasteiger partial charge in [-0.2, -0.15) is 21.6 Å². The van der Waals surface area contributed by atoms with Crippen molar-refractivity contribution in [3.63, 3.8) is 0 Å². The van der Waals surface area contributed by atoms with Gasteiger partial charge in [-0.05, 0) is 48.3 Å². The van der Waals surface area contributed by atoms with E-state index in [1.165, 1.54) is 0 Å². The zero-order chi connectivity index (χ0) is 23.5. The van der Waals surface area contributed by atoms with Gasteiger partial charge >= 0.3 is 15.6 Å². The van der Waals surface area contributed by atoms with Crippen molar-refractivity contribution in [2.45, 2.75) is 38.0 Å². The van der Waals surface area contributed by atoms with Crippen LogP contribution < -0.4 is 4.74 Å². The molecular weight excluding hydrogens is 449 g/mol. The van der Waals surface area contributed by atoms with Gasteiger partial charge in [0.25, 0.3) is 0 Å². The number of allylic oxidation sites excluding steroid dienone is 1. The fraction of sp³-hybridized carbons (Fsp3) is 0.591. The molecule has 32 heavy (non-hydrogen) atoms. The maximum Gasteiger partial charge on any atom is 0.523 e. The lowest BCUT2D eigenvalue weighted by molar-refractivity contribution is -0.115. The predicted octanol–water partition coefficient (Wildman–Crippen LogP) is 4.11. The Morgan fingerprint density at radius 3 is 2.44 bits per heavy atom. The minimum absolute atomic E-state index is 0.00416. The number of methoxy groups -OCH3 is 1. The van der Waals surface area contributed by atoms with Crippen molar-refractivity contribution in [2.24, 2.45) is 29.6 Å². The molecule has 6 nitrogen and oxygen atoms in total. The fourth-order valence-corrected chi connectivity index (χ4v) is 5.22. The van der Waals surface area contributed by atoms with Gasteiger partial charge in [0.15, 0.2) is 0 Å². The number of fused-ring (bicyclic) bond motifs is 1. The molecule has 10 heteroatoms. The van der Waals surface area contributed by atoms with Crippen molar-refractivity contribution in [3.8, 4) is 5.75 Å². The number of hydrogen-bond acceptors (Lipinski definition) is 6. The van der Waals surface area contributed by atoms with Crippen LogP contribution in [0.2, 0.25) is 0 Å². The molecule has 1 aromatic rings. The van der Waals surface area contributed by atoms with Gasteiger partial charge in [0.05, 0.1) is 26.4 Å². The molecule has 0 amide bonds. The van der Waals surface area contributed by atoms with E-state index >= 15 is 0 Å². The summed E-state index contributed by atoms with van der Waals surface area (Å²) in [7, 11) is -4.04. The molecule has 0 spiro atoms. The van der Waals surface area contributed by atoms with Crippen LogP contribution >= 0.6 is 0 Å². The topological polar surface area (TPSA) is 78.9 Å². The molecule has 6 atom stereocenters. The minimum Gasteiger partial charge on any atom is -0.497 e. The first-order valence-corrected chi connectivity index (χ1v) is 11.8. The van der Waals surface area contributed by atoms with Gasteiger partial charge in [0.1, 0.15) is 12.0 Å². The lowest BCUT2D eigenvalue weighted by atomic mass is 9.71. The van der Waals surface area contributed by atoms with Crippen LogP contribution in [-0.2, 0) is 30.4 Å². The molecule has 1 aromatic carbocycles. The Labute approximate surface area is 185 Å². The number of rotatable bonds is 9. The smallest absolute Gasteiger partial charge is 0.497 e. The van der Waals surface area contributed by atoms with E-state index in [9.17, 15) is 26.4 Å². The normalized spacial score (nSPS) is 30.2. The molecule has 1 saturated carbocycles. The molecule has 0 saturated heterocycles. The Balaban J connectivity index is 1.62. The van der Waals surface area contributed by atoms with E-state index in [0.717, 1.165) is 24.0 Å². The van der Waals surface area contributed by atoms with Crippen LogP contribution in [0.15, 0.2) is 36.4 Å². The Morgan fingerprint density at radius 1 is 1.16 bits per heavy atom. The van der Waals surface area contributed by atoms with Crippen LogP contribution in [0.25, 0.3) is 0 Å². The lowest BCUT2D eigenvalue weighted by Gasteiger charge is -2.34. The average Bonchev–Trinajstić information content (AvgIpc) is 3.06. The number of aldehydes is 1. The maximum atomic E-state index is 12.4. The number of carbonyl (C=O) groups excluding carboxylic acids is 1. The molecule has 3 rings (SSSR count). The lowest BCUT2D eigenvalue weighted by Crippen LogP contribution is -2.34. The van der Waals surface area contributed by atoms with E-state index in [2.05, 4.69) is 11.1 Å². The van der Waals surface area contributed by atoms with Crippen LogP contribution in [-0.4, -0.2) is 40.0 Å². The molecule has 2 aliphatic carbocycles. The highest BCUT2D eigenvalue weighted by Crippen LogP contribution is 2.48. The molecule has 0 heterocycles. The molecule has 0 bridgehead atoms. The van der Waals surface area contributed by atoms with E-state index in [1.54, 1.807) is 13.2 Å². The highest BCUT2D eigenvalue weighted by Gasteiger charge is 2.49. The summed E-state index contributed by atoms with van der Waals surface area (Å²) in [5, 5.41) is 0. The summed E-state index contributed by atoms with van der Waals surface area (Å²) in [5.74, 6) is 0.122. The van der Waals surface area contributed by atoms with Crippen LogP contribution in [0.3, 0.4) is 0 Å². The molecule has 0 N–H and O–H groups in total. The van der Waals surface area contributed by atoms with Gasteiger partial charge in [0.2, 0.25) is 0 Å². The van der Waals surface area contributed by atoms with Gasteiger partial charge in [-0.15, -0.1) is 0 Å². The van der Waals surface area contributed by atoms with E-state index < -0.39 is 28.2 Å². The third-order valence-electron chi connectivity index (χ3n) is 6.38. The summed E-state index contributed by atoms with van der Waals surface area (Å²) in [6.45, 7) is 1.83. The number of halogens is 3. The van der Waals surface area contributed by atoms with E-state index in [1.807, 2.05) is 30.3 Å². The van der Waals surface area contributed by atoms with E-state index in [0.29, 0.717) is 6.61 Å². The summed E-state index contributed by atoms with van der Waals surface area (Å²) >= 11 is 0. The largest absolute Gasteiger partial charge is 0.523 e. The Bertz CT molecular complexity index is 913. The van der Waals surface area contributed by atoms with E-state index in [4.69, 9.17) is 9.47 Å². The summed E-state index contributed by atoms with van der Waals surface area (Å²) in [6, 6.07) is 7.56. The van der Waals surface area contributed by atoms with E-state index in [-0.39, 0.29) is 36.2 Å². The second-order valence-electron chi connectivity index (χ2n) is 8.35. The standard InChI is InChI=1S/C22H27F3O6S/c1-14-11-19-18(21(14)30-13-15-3-6-17(29-2)7-4-15)8-5-16(20(19)12-26)9-10-31-32(27,28)22(23,24)25/h3-8,12,14,16,18-21H,9-11,13H2,1-2H3/t14-,16-,18+,19+,20+,21+/m1/s1. The zero-order valence-electron chi connectivity index (χ0n) is 17.8. The Morgan fingerprint density at radius 2 is 1.84 bits per heavy atom. The Kier molecular flexibility index (Phi) is 7.67. The summed E-state index contributed by atoms with van der Waals surface area (Å²) in [4.78, 5) is 11.9. The number of ether oxygens (including phenoxy) is 2.